The van der Waals surface area contributed by atoms with Gasteiger partial charge in [0.25, 0.3) is 0 Å². The molecule has 6 aromatic carbocycles. The van der Waals surface area contributed by atoms with Crippen LogP contribution in [0.4, 0.5) is 0 Å². The fourth-order valence-corrected chi connectivity index (χ4v) is 9.77. The average molecular weight is 1050 g/mol. The van der Waals surface area contributed by atoms with Gasteiger partial charge in [0.05, 0.1) is 34.8 Å². The van der Waals surface area contributed by atoms with Gasteiger partial charge in [0.15, 0.2) is 11.6 Å². The van der Waals surface area contributed by atoms with Crippen molar-refractivity contribution < 1.29 is 9.59 Å². The summed E-state index contributed by atoms with van der Waals surface area (Å²) in [5, 5.41) is 18.2. The number of hydrogen-bond acceptors (Lipinski definition) is 7. The van der Waals surface area contributed by atoms with E-state index in [1.165, 1.54) is 31.2 Å². The Morgan fingerprint density at radius 2 is 0.973 bits per heavy atom. The summed E-state index contributed by atoms with van der Waals surface area (Å²) in [4.78, 5) is 27.0. The van der Waals surface area contributed by atoms with Crippen molar-refractivity contribution in [3.05, 3.63) is 235 Å². The Morgan fingerprint density at radius 1 is 0.568 bits per heavy atom. The molecule has 8 aromatic rings. The van der Waals surface area contributed by atoms with E-state index >= 15 is 0 Å². The van der Waals surface area contributed by atoms with Gasteiger partial charge >= 0.3 is 0 Å². The number of aromatic nitrogens is 4. The number of carbonyl (C=O) groups is 2. The van der Waals surface area contributed by atoms with Crippen LogP contribution >= 0.6 is 35.6 Å². The maximum absolute atomic E-state index is 13.5. The zero-order valence-corrected chi connectivity index (χ0v) is 44.1. The molecule has 2 saturated carbocycles. The van der Waals surface area contributed by atoms with E-state index in [0.29, 0.717) is 24.4 Å². The van der Waals surface area contributed by atoms with E-state index in [-0.39, 0.29) is 49.9 Å². The topological polar surface area (TPSA) is 120 Å². The molecule has 0 amide bonds. The minimum absolute atomic E-state index is 0. The number of benzene rings is 6. The molecule has 9 nitrogen and oxygen atoms in total. The molecule has 0 spiro atoms. The lowest BCUT2D eigenvalue weighted by molar-refractivity contribution is 0.0977. The van der Waals surface area contributed by atoms with Gasteiger partial charge in [0, 0.05) is 29.4 Å². The van der Waals surface area contributed by atoms with Crippen LogP contribution in [0, 0.1) is 25.7 Å². The third kappa shape index (κ3) is 14.2. The molecule has 2 aliphatic rings. The highest BCUT2D eigenvalue weighted by Crippen LogP contribution is 2.35. The second-order valence-corrected chi connectivity index (χ2v) is 20.2. The molecule has 384 valence electrons. The first-order valence-electron chi connectivity index (χ1n) is 25.2. The number of nitrogens with zero attached hydrogens (tertiary/aromatic N) is 4. The normalized spacial score (nSPS) is 13.7. The van der Waals surface area contributed by atoms with Gasteiger partial charge in [0.1, 0.15) is 11.4 Å². The molecule has 12 heteroatoms. The molecule has 4 N–H and O–H groups in total. The predicted molar refractivity (Wildman–Crippen MR) is 305 cm³/mol. The molecule has 2 unspecified atom stereocenters. The minimum atomic E-state index is -0.0267. The molecule has 0 saturated heterocycles. The van der Waals surface area contributed by atoms with Crippen LogP contribution in [0.15, 0.2) is 158 Å². The Balaban J connectivity index is 0.000000211. The summed E-state index contributed by atoms with van der Waals surface area (Å²) in [7, 11) is 0. The van der Waals surface area contributed by atoms with E-state index in [4.69, 9.17) is 28.9 Å². The summed E-state index contributed by atoms with van der Waals surface area (Å²) in [6.07, 6.45) is 6.65. The lowest BCUT2D eigenvalue weighted by atomic mass is 9.95. The summed E-state index contributed by atoms with van der Waals surface area (Å²) in [6, 6.07) is 52.3. The fourth-order valence-electron chi connectivity index (χ4n) is 9.28. The largest absolute Gasteiger partial charge is 0.326 e. The summed E-state index contributed by atoms with van der Waals surface area (Å²) in [5.74, 6) is 1.55. The first-order chi connectivity index (χ1) is 35.0. The van der Waals surface area contributed by atoms with Crippen molar-refractivity contribution in [3.63, 3.8) is 0 Å². The van der Waals surface area contributed by atoms with Crippen LogP contribution in [0.2, 0.25) is 10.0 Å². The van der Waals surface area contributed by atoms with E-state index in [1.54, 1.807) is 9.36 Å². The van der Waals surface area contributed by atoms with Gasteiger partial charge < -0.3 is 16.4 Å². The molecular weight excluding hydrogens is 981 g/mol. The molecule has 2 heterocycles. The van der Waals surface area contributed by atoms with Crippen LogP contribution < -0.4 is 16.4 Å². The second-order valence-electron chi connectivity index (χ2n) is 19.4. The molecule has 10 rings (SSSR count). The van der Waals surface area contributed by atoms with Gasteiger partial charge in [-0.15, -0.1) is 12.4 Å². The number of nitrogens with one attached hydrogen (secondary N) is 2. The maximum Gasteiger partial charge on any atom is 0.185 e. The highest BCUT2D eigenvalue weighted by molar-refractivity contribution is 6.31. The average Bonchev–Trinajstić information content (AvgIpc) is 4.33. The van der Waals surface area contributed by atoms with Crippen LogP contribution in [0.5, 0.6) is 0 Å². The van der Waals surface area contributed by atoms with Crippen molar-refractivity contribution in [2.24, 2.45) is 17.6 Å². The lowest BCUT2D eigenvalue weighted by Gasteiger charge is -2.21. The molecule has 0 bridgehead atoms. The van der Waals surface area contributed by atoms with Gasteiger partial charge in [0.2, 0.25) is 0 Å². The highest BCUT2D eigenvalue weighted by Gasteiger charge is 2.27. The third-order valence-corrected chi connectivity index (χ3v) is 14.2. The van der Waals surface area contributed by atoms with Crippen molar-refractivity contribution in [1.82, 2.24) is 30.2 Å². The van der Waals surface area contributed by atoms with Gasteiger partial charge in [-0.25, -0.2) is 9.36 Å². The Labute approximate surface area is 453 Å². The highest BCUT2D eigenvalue weighted by atomic mass is 35.5. The third-order valence-electron chi connectivity index (χ3n) is 13.5. The number of Topliss-reactive ketones (excluding diaryl/α,β-unsaturated/α-hetero) is 2. The molecule has 2 aliphatic carbocycles. The second kappa shape index (κ2) is 25.9. The van der Waals surface area contributed by atoms with Crippen molar-refractivity contribution in [3.8, 4) is 11.4 Å². The predicted octanol–water partition coefficient (Wildman–Crippen LogP) is 13.8. The zero-order chi connectivity index (χ0) is 50.1. The van der Waals surface area contributed by atoms with Crippen molar-refractivity contribution in [2.45, 2.75) is 91.8 Å². The minimum Gasteiger partial charge on any atom is -0.326 e. The summed E-state index contributed by atoms with van der Waals surface area (Å²) in [6.45, 7) is 8.32. The number of nitrogens with two attached hydrogens (primary N) is 1. The Hall–Kier alpha value is -6.17. The van der Waals surface area contributed by atoms with E-state index in [0.717, 1.165) is 103 Å². The number of hydrogen-bond donors (Lipinski definition) is 3. The van der Waals surface area contributed by atoms with Crippen molar-refractivity contribution in [1.29, 1.82) is 0 Å². The summed E-state index contributed by atoms with van der Waals surface area (Å²) >= 11 is 13.2. The SMILES string of the molecule is C.CCc1cccc(-n2nc(C)cc2C(=O)Cc2cccc(C(NCC3CC3)c3ccccc3Cl)c2)c1.Cc1cc(C(=O)Cc2cccc(C(NCC3CC3)c3ccccc3Cl)c2)n(-c2cccc(CN)c2)n1.Cl. The van der Waals surface area contributed by atoms with Gasteiger partial charge in [-0.05, 0) is 164 Å². The fraction of sp³-hybridized carbons (Fsp3) is 0.290. The molecule has 2 aromatic heterocycles. The van der Waals surface area contributed by atoms with E-state index in [2.05, 4.69) is 76.3 Å². The van der Waals surface area contributed by atoms with Crippen LogP contribution in [-0.4, -0.2) is 44.2 Å². The first kappa shape index (κ1) is 55.6. The summed E-state index contributed by atoms with van der Waals surface area (Å²) in [5.41, 5.74) is 18.9. The molecule has 74 heavy (non-hydrogen) atoms. The Bertz CT molecular complexity index is 2960. The van der Waals surface area contributed by atoms with Crippen LogP contribution in [-0.2, 0) is 25.8 Å². The van der Waals surface area contributed by atoms with E-state index in [9.17, 15) is 9.59 Å². The van der Waals surface area contributed by atoms with Crippen LogP contribution in [0.25, 0.3) is 11.4 Å². The van der Waals surface area contributed by atoms with Gasteiger partial charge in [-0.3, -0.25) is 9.59 Å². The van der Waals surface area contributed by atoms with Crippen molar-refractivity contribution >= 4 is 47.2 Å². The number of halogens is 3. The van der Waals surface area contributed by atoms with E-state index < -0.39 is 0 Å². The van der Waals surface area contributed by atoms with Crippen molar-refractivity contribution in [2.75, 3.05) is 13.1 Å². The number of aryl methyl sites for hydroxylation is 3. The van der Waals surface area contributed by atoms with Crippen LogP contribution in [0.3, 0.4) is 0 Å². The van der Waals surface area contributed by atoms with Gasteiger partial charge in [-0.2, -0.15) is 10.2 Å². The van der Waals surface area contributed by atoms with Gasteiger partial charge in [-0.1, -0.05) is 147 Å². The quantitative estimate of drug-likeness (QED) is 0.0650. The summed E-state index contributed by atoms with van der Waals surface area (Å²) < 4.78 is 3.51. The Morgan fingerprint density at radius 3 is 1.39 bits per heavy atom. The molecule has 0 radical (unpaired) electrons. The maximum atomic E-state index is 13.5. The molecule has 2 fully saturated rings. The molecule has 0 aliphatic heterocycles. The number of ketones is 2. The lowest BCUT2D eigenvalue weighted by Crippen LogP contribution is -2.25. The van der Waals surface area contributed by atoms with Crippen LogP contribution in [0.1, 0.15) is 129 Å². The first-order valence-corrected chi connectivity index (χ1v) is 26.0. The molecule has 2 atom stereocenters. The Kier molecular flexibility index (Phi) is 19.4. The number of rotatable bonds is 20. The standard InChI is InChI=1S/C31H32ClN3O.C30H31ClN4O.CH4.ClH/c1-3-22-8-7-11-26(18-22)35-29(16-21(2)34-35)30(36)19-24-9-6-10-25(17-24)31(33-20-23-14-15-23)27-12-4-5-13-28(27)32;1-20-14-28(35(34-20)25-9-5-7-23(16-25)18-32)29(36)17-22-6-4-8-24(15-22)30(33-19-21-12-13-21)26-10-2-3-11-27(26)31;;/h4-13,16-18,23,31,33H,3,14-15,19-20H2,1-2H3;2-11,14-16,21,30,33H,12-13,17-19,32H2,1H3;1H4;1H. The number of carbonyl (C=O) groups excluding carboxylic acids is 2. The van der Waals surface area contributed by atoms with E-state index in [1.807, 2.05) is 123 Å². The molecular formula is C62H68Cl3N7O2. The smallest absolute Gasteiger partial charge is 0.185 e. The zero-order valence-electron chi connectivity index (χ0n) is 41.7. The monoisotopic (exact) mass is 1050 g/mol.